The van der Waals surface area contributed by atoms with Gasteiger partial charge in [-0.3, -0.25) is 19.7 Å². The molecule has 0 aliphatic rings. The Balaban J connectivity index is 0.000000335. The Morgan fingerprint density at radius 3 is 1.64 bits per heavy atom. The predicted octanol–water partition coefficient (Wildman–Crippen LogP) is 5.18. The molecule has 0 amide bonds. The molecule has 33 heavy (non-hydrogen) atoms. The summed E-state index contributed by atoms with van der Waals surface area (Å²) < 4.78 is 10.1. The highest BCUT2D eigenvalue weighted by molar-refractivity contribution is 6.32. The van der Waals surface area contributed by atoms with Crippen LogP contribution in [-0.2, 0) is 20.4 Å². The van der Waals surface area contributed by atoms with Gasteiger partial charge in [0.25, 0.3) is 6.54 Å². The lowest BCUT2D eigenvalue weighted by Gasteiger charge is -2.22. The fourth-order valence-electron chi connectivity index (χ4n) is 2.70. The summed E-state index contributed by atoms with van der Waals surface area (Å²) in [6.45, 7) is 5.86. The van der Waals surface area contributed by atoms with Gasteiger partial charge in [-0.2, -0.15) is 0 Å². The quantitative estimate of drug-likeness (QED) is 0.392. The summed E-state index contributed by atoms with van der Waals surface area (Å²) in [6.07, 6.45) is 0. The maximum atomic E-state index is 11.8. The number of nitrogens with zero attached hydrogens (tertiary/aromatic N) is 1. The lowest BCUT2D eigenvalue weighted by molar-refractivity contribution is -0.468. The third-order valence-corrected chi connectivity index (χ3v) is 5.87. The molecule has 0 atom stereocenters. The van der Waals surface area contributed by atoms with Crippen molar-refractivity contribution in [3.8, 4) is 11.5 Å². The first-order valence-electron chi connectivity index (χ1n) is 9.75. The number of methoxy groups -OCH3 is 2. The summed E-state index contributed by atoms with van der Waals surface area (Å²) in [6, 6.07) is 9.88. The summed E-state index contributed by atoms with van der Waals surface area (Å²) in [5, 5.41) is 20.4. The van der Waals surface area contributed by atoms with Gasteiger partial charge in [0.05, 0.1) is 35.1 Å². The first kappa shape index (κ1) is 28.2. The summed E-state index contributed by atoms with van der Waals surface area (Å²) in [7, 11) is 2.97. The van der Waals surface area contributed by atoms with Gasteiger partial charge in [0, 0.05) is 4.92 Å². The number of hydrogen-bond acceptors (Lipinski definition) is 6. The Morgan fingerprint density at radius 1 is 0.909 bits per heavy atom. The molecule has 2 rings (SSSR count). The van der Waals surface area contributed by atoms with Crippen molar-refractivity contribution in [3.63, 3.8) is 0 Å². The van der Waals surface area contributed by atoms with Gasteiger partial charge in [-0.15, -0.1) is 0 Å². The van der Waals surface area contributed by atoms with E-state index in [1.807, 2.05) is 0 Å². The fourth-order valence-corrected chi connectivity index (χ4v) is 3.09. The van der Waals surface area contributed by atoms with Crippen molar-refractivity contribution in [1.82, 2.24) is 0 Å². The first-order chi connectivity index (χ1) is 15.2. The lowest BCUT2D eigenvalue weighted by atomic mass is 9.80. The molecule has 1 N–H and O–H groups in total. The highest BCUT2D eigenvalue weighted by atomic mass is 35.5. The van der Waals surface area contributed by atoms with Crippen LogP contribution in [-0.4, -0.2) is 42.5 Å². The van der Waals surface area contributed by atoms with Crippen LogP contribution in [0.2, 0.25) is 10.0 Å². The maximum Gasteiger partial charge on any atom is 0.313 e. The predicted molar refractivity (Wildman–Crippen MR) is 127 cm³/mol. The first-order valence-corrected chi connectivity index (χ1v) is 10.5. The van der Waals surface area contributed by atoms with Crippen molar-refractivity contribution in [1.29, 1.82) is 0 Å². The number of carboxylic acid groups (broad SMARTS) is 1. The molecule has 0 bridgehead atoms. The van der Waals surface area contributed by atoms with Gasteiger partial charge < -0.3 is 14.6 Å². The van der Waals surface area contributed by atoms with E-state index in [9.17, 15) is 19.7 Å². The van der Waals surface area contributed by atoms with E-state index in [2.05, 4.69) is 0 Å². The van der Waals surface area contributed by atoms with E-state index >= 15 is 0 Å². The number of halogens is 2. The zero-order chi connectivity index (χ0) is 25.6. The second-order valence-corrected chi connectivity index (χ2v) is 8.98. The average molecular weight is 500 g/mol. The molecular formula is C23H27Cl2NO7. The lowest BCUT2D eigenvalue weighted by Crippen LogP contribution is -2.34. The van der Waals surface area contributed by atoms with Crippen LogP contribution in [0.4, 0.5) is 0 Å². The summed E-state index contributed by atoms with van der Waals surface area (Å²) in [4.78, 5) is 32.7. The number of aliphatic carboxylic acids is 1. The Hall–Kier alpha value is -2.84. The summed E-state index contributed by atoms with van der Waals surface area (Å²) >= 11 is 11.7. The van der Waals surface area contributed by atoms with E-state index < -0.39 is 34.1 Å². The standard InChI is InChI=1S/C12H14ClNO4.C11H13ClO3/c1-12(2,11(15)7-14(16)17)8-4-5-9(13)10(6-8)18-3;1-11(2,10(13)14)7-4-5-8(12)9(6-7)15-3/h4-6H,7H2,1-3H3;4-6H,1-3H3,(H,13,14). The zero-order valence-corrected chi connectivity index (χ0v) is 20.8. The van der Waals surface area contributed by atoms with E-state index in [1.165, 1.54) is 14.2 Å². The van der Waals surface area contributed by atoms with E-state index in [0.717, 1.165) is 0 Å². The van der Waals surface area contributed by atoms with Crippen LogP contribution in [0.25, 0.3) is 0 Å². The molecule has 0 heterocycles. The molecule has 10 heteroatoms. The van der Waals surface area contributed by atoms with Crippen LogP contribution in [0, 0.1) is 10.1 Å². The Morgan fingerprint density at radius 2 is 1.30 bits per heavy atom. The van der Waals surface area contributed by atoms with Crippen LogP contribution in [0.15, 0.2) is 36.4 Å². The fraction of sp³-hybridized carbons (Fsp3) is 0.391. The third kappa shape index (κ3) is 7.07. The van der Waals surface area contributed by atoms with Gasteiger partial charge in [-0.05, 0) is 63.1 Å². The highest BCUT2D eigenvalue weighted by Gasteiger charge is 2.33. The van der Waals surface area contributed by atoms with Crippen molar-refractivity contribution in [2.24, 2.45) is 0 Å². The van der Waals surface area contributed by atoms with E-state index in [-0.39, 0.29) is 0 Å². The molecule has 0 aliphatic heterocycles. The van der Waals surface area contributed by atoms with Gasteiger partial charge in [0.1, 0.15) is 11.5 Å². The van der Waals surface area contributed by atoms with E-state index in [0.29, 0.717) is 32.7 Å². The molecule has 2 aromatic carbocycles. The summed E-state index contributed by atoms with van der Waals surface area (Å²) in [5.41, 5.74) is -0.602. The SMILES string of the molecule is COc1cc(C(C)(C)C(=O)C[N+](=O)[O-])ccc1Cl.COc1cc(C(C)(C)C(=O)O)ccc1Cl. The zero-order valence-electron chi connectivity index (χ0n) is 19.3. The minimum absolute atomic E-state index is 0.429. The van der Waals surface area contributed by atoms with Crippen LogP contribution in [0.1, 0.15) is 38.8 Å². The van der Waals surface area contributed by atoms with Gasteiger partial charge >= 0.3 is 5.97 Å². The molecule has 0 unspecified atom stereocenters. The molecule has 0 fully saturated rings. The number of ketones is 1. The van der Waals surface area contributed by atoms with Gasteiger partial charge in [0.15, 0.2) is 0 Å². The van der Waals surface area contributed by atoms with Gasteiger partial charge in [0.2, 0.25) is 5.78 Å². The number of ether oxygens (including phenoxy) is 2. The van der Waals surface area contributed by atoms with Crippen LogP contribution < -0.4 is 9.47 Å². The molecule has 0 aromatic heterocycles. The minimum atomic E-state index is -0.953. The third-order valence-electron chi connectivity index (χ3n) is 5.25. The van der Waals surface area contributed by atoms with Crippen molar-refractivity contribution in [3.05, 3.63) is 67.7 Å². The van der Waals surface area contributed by atoms with Crippen molar-refractivity contribution in [2.75, 3.05) is 20.8 Å². The Kier molecular flexibility index (Phi) is 9.69. The molecular weight excluding hydrogens is 473 g/mol. The monoisotopic (exact) mass is 499 g/mol. The van der Waals surface area contributed by atoms with Crippen LogP contribution in [0.3, 0.4) is 0 Å². The second kappa shape index (κ2) is 11.3. The summed E-state index contributed by atoms with van der Waals surface area (Å²) in [5.74, 6) is -0.414. The average Bonchev–Trinajstić information content (AvgIpc) is 2.73. The molecule has 0 spiro atoms. The molecule has 0 saturated carbocycles. The number of hydrogen-bond donors (Lipinski definition) is 1. The van der Waals surface area contributed by atoms with E-state index in [1.54, 1.807) is 64.1 Å². The number of carbonyl (C=O) groups is 2. The molecule has 2 aromatic rings. The number of carbonyl (C=O) groups excluding carboxylic acids is 1. The Labute approximate surface area is 202 Å². The molecule has 0 aliphatic carbocycles. The largest absolute Gasteiger partial charge is 0.495 e. The highest BCUT2D eigenvalue weighted by Crippen LogP contribution is 2.33. The number of carboxylic acids is 1. The van der Waals surface area contributed by atoms with Gasteiger partial charge in [-0.1, -0.05) is 35.3 Å². The smallest absolute Gasteiger partial charge is 0.313 e. The molecule has 8 nitrogen and oxygen atoms in total. The van der Waals surface area contributed by atoms with Gasteiger partial charge in [-0.25, -0.2) is 0 Å². The topological polar surface area (TPSA) is 116 Å². The minimum Gasteiger partial charge on any atom is -0.495 e. The number of nitro groups is 1. The second-order valence-electron chi connectivity index (χ2n) is 8.17. The van der Waals surface area contributed by atoms with Crippen LogP contribution in [0.5, 0.6) is 11.5 Å². The number of rotatable bonds is 8. The van der Waals surface area contributed by atoms with Crippen molar-refractivity contribution >= 4 is 35.0 Å². The van der Waals surface area contributed by atoms with E-state index in [4.69, 9.17) is 37.8 Å². The molecule has 0 radical (unpaired) electrons. The number of benzene rings is 2. The Bertz CT molecular complexity index is 1040. The number of Topliss-reactive ketones (excluding diaryl/α,β-unsaturated/α-hetero) is 1. The van der Waals surface area contributed by atoms with Crippen molar-refractivity contribution in [2.45, 2.75) is 38.5 Å². The van der Waals surface area contributed by atoms with Crippen molar-refractivity contribution < 1.29 is 29.1 Å². The van der Waals surface area contributed by atoms with Crippen LogP contribution >= 0.6 is 23.2 Å². The maximum absolute atomic E-state index is 11.8. The molecule has 180 valence electrons. The molecule has 0 saturated heterocycles. The normalized spacial score (nSPS) is 11.2.